The summed E-state index contributed by atoms with van der Waals surface area (Å²) in [6, 6.07) is 10.5. The van der Waals surface area contributed by atoms with Crippen molar-refractivity contribution in [2.75, 3.05) is 0 Å². The summed E-state index contributed by atoms with van der Waals surface area (Å²) in [5.41, 5.74) is 3.69. The number of nitrogens with one attached hydrogen (secondary N) is 1. The van der Waals surface area contributed by atoms with Gasteiger partial charge in [-0.1, -0.05) is 39.0 Å². The van der Waals surface area contributed by atoms with Gasteiger partial charge < -0.3 is 0 Å². The van der Waals surface area contributed by atoms with Crippen molar-refractivity contribution in [3.8, 4) is 11.3 Å². The lowest BCUT2D eigenvalue weighted by Gasteiger charge is -2.19. The average molecular weight is 200 g/mol. The first-order valence-electron chi connectivity index (χ1n) is 5.18. The standard InChI is InChI=1S/C13H16N2/c1-13(2,3)11-6-4-5-10(9-11)12-7-8-14-15-12/h4-9H,1-3H3,(H,14,15). The van der Waals surface area contributed by atoms with Crippen molar-refractivity contribution in [1.82, 2.24) is 10.2 Å². The Bertz CT molecular complexity index is 436. The average Bonchev–Trinajstić information content (AvgIpc) is 2.69. The van der Waals surface area contributed by atoms with Crippen molar-refractivity contribution in [3.05, 3.63) is 42.1 Å². The fourth-order valence-electron chi connectivity index (χ4n) is 1.57. The van der Waals surface area contributed by atoms with Crippen molar-refractivity contribution in [1.29, 1.82) is 0 Å². The number of aromatic amines is 1. The fraction of sp³-hybridized carbons (Fsp3) is 0.308. The third-order valence-corrected chi connectivity index (χ3v) is 2.53. The molecular weight excluding hydrogens is 184 g/mol. The van der Waals surface area contributed by atoms with E-state index in [1.54, 1.807) is 0 Å². The molecule has 0 radical (unpaired) electrons. The Labute approximate surface area is 90.3 Å². The minimum Gasteiger partial charge on any atom is -0.285 e. The second kappa shape index (κ2) is 3.54. The summed E-state index contributed by atoms with van der Waals surface area (Å²) in [5, 5.41) is 7.02. The zero-order valence-corrected chi connectivity index (χ0v) is 9.41. The molecular formula is C13H16N2. The molecule has 1 N–H and O–H groups in total. The van der Waals surface area contributed by atoms with E-state index in [2.05, 4.69) is 55.2 Å². The molecule has 0 aliphatic heterocycles. The van der Waals surface area contributed by atoms with E-state index in [1.165, 1.54) is 11.1 Å². The second-order valence-electron chi connectivity index (χ2n) is 4.79. The number of rotatable bonds is 1. The van der Waals surface area contributed by atoms with Crippen molar-refractivity contribution in [3.63, 3.8) is 0 Å². The SMILES string of the molecule is CC(C)(C)c1cccc(-c2cc[nH]n2)c1. The molecule has 1 heterocycles. The molecule has 0 aliphatic rings. The molecule has 15 heavy (non-hydrogen) atoms. The van der Waals surface area contributed by atoms with Crippen LogP contribution in [0, 0.1) is 0 Å². The molecule has 2 heteroatoms. The number of nitrogens with zero attached hydrogens (tertiary/aromatic N) is 1. The number of hydrogen-bond acceptors (Lipinski definition) is 1. The van der Waals surface area contributed by atoms with Crippen LogP contribution in [0.5, 0.6) is 0 Å². The zero-order chi connectivity index (χ0) is 10.9. The Hall–Kier alpha value is -1.57. The van der Waals surface area contributed by atoms with Crippen molar-refractivity contribution in [2.24, 2.45) is 0 Å². The lowest BCUT2D eigenvalue weighted by molar-refractivity contribution is 0.590. The first-order chi connectivity index (χ1) is 7.07. The van der Waals surface area contributed by atoms with E-state index in [-0.39, 0.29) is 5.41 Å². The summed E-state index contributed by atoms with van der Waals surface area (Å²) in [7, 11) is 0. The first kappa shape index (κ1) is 9.97. The van der Waals surface area contributed by atoms with E-state index in [9.17, 15) is 0 Å². The molecule has 1 aromatic carbocycles. The van der Waals surface area contributed by atoms with Gasteiger partial charge in [0.15, 0.2) is 0 Å². The smallest absolute Gasteiger partial charge is 0.0920 e. The Morgan fingerprint density at radius 1 is 1.13 bits per heavy atom. The van der Waals surface area contributed by atoms with Gasteiger partial charge in [-0.25, -0.2) is 0 Å². The summed E-state index contributed by atoms with van der Waals surface area (Å²) in [4.78, 5) is 0. The number of hydrogen-bond donors (Lipinski definition) is 1. The Morgan fingerprint density at radius 3 is 2.53 bits per heavy atom. The van der Waals surface area contributed by atoms with E-state index in [0.29, 0.717) is 0 Å². The van der Waals surface area contributed by atoms with Gasteiger partial charge in [0.25, 0.3) is 0 Å². The molecule has 0 atom stereocenters. The maximum Gasteiger partial charge on any atom is 0.0920 e. The molecule has 2 aromatic rings. The van der Waals surface area contributed by atoms with E-state index in [1.807, 2.05) is 12.3 Å². The maximum absolute atomic E-state index is 4.18. The van der Waals surface area contributed by atoms with Crippen LogP contribution in [0.15, 0.2) is 36.5 Å². The van der Waals surface area contributed by atoms with Crippen molar-refractivity contribution >= 4 is 0 Å². The van der Waals surface area contributed by atoms with E-state index in [0.717, 1.165) is 5.69 Å². The Balaban J connectivity index is 2.44. The summed E-state index contributed by atoms with van der Waals surface area (Å²) >= 11 is 0. The van der Waals surface area contributed by atoms with Crippen LogP contribution in [0.4, 0.5) is 0 Å². The summed E-state index contributed by atoms with van der Waals surface area (Å²) in [5.74, 6) is 0. The highest BCUT2D eigenvalue weighted by atomic mass is 15.1. The molecule has 0 spiro atoms. The molecule has 0 amide bonds. The first-order valence-corrected chi connectivity index (χ1v) is 5.18. The number of benzene rings is 1. The van der Waals surface area contributed by atoms with Crippen LogP contribution in [0.3, 0.4) is 0 Å². The predicted octanol–water partition coefficient (Wildman–Crippen LogP) is 3.37. The van der Waals surface area contributed by atoms with Gasteiger partial charge >= 0.3 is 0 Å². The van der Waals surface area contributed by atoms with Gasteiger partial charge in [0.2, 0.25) is 0 Å². The molecule has 0 aliphatic carbocycles. The van der Waals surface area contributed by atoms with Crippen LogP contribution in [-0.4, -0.2) is 10.2 Å². The van der Waals surface area contributed by atoms with E-state index in [4.69, 9.17) is 0 Å². The van der Waals surface area contributed by atoms with Crippen LogP contribution in [0.2, 0.25) is 0 Å². The summed E-state index contributed by atoms with van der Waals surface area (Å²) in [6.45, 7) is 6.66. The Morgan fingerprint density at radius 2 is 1.93 bits per heavy atom. The lowest BCUT2D eigenvalue weighted by Crippen LogP contribution is -2.10. The normalized spacial score (nSPS) is 11.7. The van der Waals surface area contributed by atoms with Gasteiger partial charge in [-0.2, -0.15) is 5.10 Å². The molecule has 1 aromatic heterocycles. The molecule has 0 saturated carbocycles. The van der Waals surface area contributed by atoms with E-state index >= 15 is 0 Å². The highest BCUT2D eigenvalue weighted by Crippen LogP contribution is 2.26. The monoisotopic (exact) mass is 200 g/mol. The zero-order valence-electron chi connectivity index (χ0n) is 9.41. The molecule has 0 bridgehead atoms. The van der Waals surface area contributed by atoms with Gasteiger partial charge in [0.1, 0.15) is 0 Å². The minimum absolute atomic E-state index is 0.187. The highest BCUT2D eigenvalue weighted by Gasteiger charge is 2.14. The maximum atomic E-state index is 4.18. The van der Waals surface area contributed by atoms with Gasteiger partial charge in [0, 0.05) is 11.8 Å². The largest absolute Gasteiger partial charge is 0.285 e. The molecule has 0 fully saturated rings. The van der Waals surface area contributed by atoms with Gasteiger partial charge in [-0.05, 0) is 23.1 Å². The highest BCUT2D eigenvalue weighted by molar-refractivity contribution is 5.59. The van der Waals surface area contributed by atoms with Crippen molar-refractivity contribution < 1.29 is 0 Å². The third-order valence-electron chi connectivity index (χ3n) is 2.53. The van der Waals surface area contributed by atoms with Crippen LogP contribution < -0.4 is 0 Å². The summed E-state index contributed by atoms with van der Waals surface area (Å²) in [6.07, 6.45) is 1.85. The summed E-state index contributed by atoms with van der Waals surface area (Å²) < 4.78 is 0. The second-order valence-corrected chi connectivity index (χ2v) is 4.79. The molecule has 2 rings (SSSR count). The van der Waals surface area contributed by atoms with Crippen LogP contribution >= 0.6 is 0 Å². The molecule has 0 unspecified atom stereocenters. The number of aromatic nitrogens is 2. The van der Waals surface area contributed by atoms with Crippen LogP contribution in [0.25, 0.3) is 11.3 Å². The quantitative estimate of drug-likeness (QED) is 0.751. The third kappa shape index (κ3) is 2.09. The lowest BCUT2D eigenvalue weighted by atomic mass is 9.86. The number of H-pyrrole nitrogens is 1. The Kier molecular flexibility index (Phi) is 2.35. The molecule has 78 valence electrons. The van der Waals surface area contributed by atoms with Crippen LogP contribution in [-0.2, 0) is 5.41 Å². The van der Waals surface area contributed by atoms with Crippen molar-refractivity contribution in [2.45, 2.75) is 26.2 Å². The van der Waals surface area contributed by atoms with Gasteiger partial charge in [0.05, 0.1) is 5.69 Å². The molecule has 2 nitrogen and oxygen atoms in total. The fourth-order valence-corrected chi connectivity index (χ4v) is 1.57. The predicted molar refractivity (Wildman–Crippen MR) is 62.7 cm³/mol. The van der Waals surface area contributed by atoms with Crippen LogP contribution in [0.1, 0.15) is 26.3 Å². The topological polar surface area (TPSA) is 28.7 Å². The van der Waals surface area contributed by atoms with Gasteiger partial charge in [-0.3, -0.25) is 5.10 Å². The minimum atomic E-state index is 0.187. The molecule has 0 saturated heterocycles. The van der Waals surface area contributed by atoms with Gasteiger partial charge in [-0.15, -0.1) is 0 Å². The van der Waals surface area contributed by atoms with E-state index < -0.39 is 0 Å².